The van der Waals surface area contributed by atoms with Crippen molar-refractivity contribution in [2.75, 3.05) is 23.5 Å². The number of hydrogen-bond donors (Lipinski definition) is 1. The lowest BCUT2D eigenvalue weighted by Gasteiger charge is -2.26. The van der Waals surface area contributed by atoms with Gasteiger partial charge in [-0.05, 0) is 39.5 Å². The Hall–Kier alpha value is -2.75. The fraction of sp³-hybridized carbons (Fsp3) is 0.611. The van der Waals surface area contributed by atoms with Crippen LogP contribution in [-0.2, 0) is 16.1 Å². The number of aryl methyl sites for hydroxylation is 2. The molecular formula is C18H25N7O3. The van der Waals surface area contributed by atoms with Gasteiger partial charge in [-0.1, -0.05) is 0 Å². The van der Waals surface area contributed by atoms with Crippen LogP contribution in [0.2, 0.25) is 0 Å². The maximum absolute atomic E-state index is 13.2. The first-order valence-electron chi connectivity index (χ1n) is 9.80. The Labute approximate surface area is 162 Å². The van der Waals surface area contributed by atoms with Gasteiger partial charge in [0.2, 0.25) is 0 Å². The molecule has 0 aromatic carbocycles. The van der Waals surface area contributed by atoms with Crippen LogP contribution in [-0.4, -0.2) is 62.4 Å². The van der Waals surface area contributed by atoms with Gasteiger partial charge in [-0.25, -0.2) is 5.01 Å². The third kappa shape index (κ3) is 2.88. The number of hydrogen-bond acceptors (Lipinski definition) is 8. The summed E-state index contributed by atoms with van der Waals surface area (Å²) in [5.41, 5.74) is 4.22. The Morgan fingerprint density at radius 3 is 2.54 bits per heavy atom. The topological polar surface area (TPSA) is 105 Å². The smallest absolute Gasteiger partial charge is 0.297 e. The Morgan fingerprint density at radius 1 is 1.11 bits per heavy atom. The van der Waals surface area contributed by atoms with E-state index in [2.05, 4.69) is 15.6 Å². The molecule has 4 rings (SSSR count). The van der Waals surface area contributed by atoms with Gasteiger partial charge in [0.15, 0.2) is 5.82 Å². The summed E-state index contributed by atoms with van der Waals surface area (Å²) in [6.45, 7) is 5.64. The Bertz CT molecular complexity index is 966. The monoisotopic (exact) mass is 387 g/mol. The molecule has 0 spiro atoms. The minimum Gasteiger partial charge on any atom is -0.302 e. The van der Waals surface area contributed by atoms with E-state index in [1.54, 1.807) is 16.6 Å². The molecule has 150 valence electrons. The van der Waals surface area contributed by atoms with Crippen molar-refractivity contribution in [2.45, 2.75) is 58.2 Å². The SMILES string of the molecule is CCn1nc(C)c2c(=O)n(N3CCC[C@H]3C=O)nc(NN3CCC[C@H]3C=O)c21. The van der Waals surface area contributed by atoms with Crippen LogP contribution < -0.4 is 16.0 Å². The summed E-state index contributed by atoms with van der Waals surface area (Å²) in [6, 6.07) is -0.600. The minimum absolute atomic E-state index is 0.231. The Balaban J connectivity index is 1.88. The average Bonchev–Trinajstić information content (AvgIpc) is 3.41. The second-order valence-corrected chi connectivity index (χ2v) is 7.33. The van der Waals surface area contributed by atoms with E-state index in [0.717, 1.165) is 31.8 Å². The van der Waals surface area contributed by atoms with Crippen molar-refractivity contribution in [3.8, 4) is 0 Å². The zero-order valence-electron chi connectivity index (χ0n) is 16.2. The van der Waals surface area contributed by atoms with Gasteiger partial charge >= 0.3 is 0 Å². The van der Waals surface area contributed by atoms with Gasteiger partial charge < -0.3 is 9.59 Å². The van der Waals surface area contributed by atoms with Crippen molar-refractivity contribution < 1.29 is 9.59 Å². The number of anilines is 1. The first-order chi connectivity index (χ1) is 13.6. The first-order valence-corrected chi connectivity index (χ1v) is 9.80. The van der Waals surface area contributed by atoms with Crippen LogP contribution in [0.4, 0.5) is 5.82 Å². The summed E-state index contributed by atoms with van der Waals surface area (Å²) in [5.74, 6) is 0.474. The third-order valence-electron chi connectivity index (χ3n) is 5.62. The molecule has 2 atom stereocenters. The number of carbonyl (C=O) groups excluding carboxylic acids is 2. The molecule has 28 heavy (non-hydrogen) atoms. The van der Waals surface area contributed by atoms with Crippen molar-refractivity contribution >= 4 is 29.3 Å². The van der Waals surface area contributed by atoms with E-state index in [4.69, 9.17) is 0 Å². The molecule has 0 unspecified atom stereocenters. The summed E-state index contributed by atoms with van der Waals surface area (Å²) in [6.07, 6.45) is 5.01. The van der Waals surface area contributed by atoms with Crippen LogP contribution in [0.1, 0.15) is 38.3 Å². The highest BCUT2D eigenvalue weighted by Gasteiger charge is 2.30. The van der Waals surface area contributed by atoms with Crippen LogP contribution >= 0.6 is 0 Å². The van der Waals surface area contributed by atoms with Crippen LogP contribution in [0.15, 0.2) is 4.79 Å². The molecule has 2 aromatic heterocycles. The summed E-state index contributed by atoms with van der Waals surface area (Å²) < 4.78 is 1.75. The largest absolute Gasteiger partial charge is 0.302 e. The lowest BCUT2D eigenvalue weighted by Crippen LogP contribution is -2.48. The molecule has 2 aromatic rings. The highest BCUT2D eigenvalue weighted by molar-refractivity contribution is 5.89. The van der Waals surface area contributed by atoms with Gasteiger partial charge in [0.1, 0.15) is 24.1 Å². The molecule has 0 amide bonds. The molecule has 0 saturated carbocycles. The van der Waals surface area contributed by atoms with Crippen molar-refractivity contribution in [3.05, 3.63) is 16.0 Å². The lowest BCUT2D eigenvalue weighted by atomic mass is 10.2. The molecule has 1 N–H and O–H groups in total. The fourth-order valence-electron chi connectivity index (χ4n) is 4.20. The van der Waals surface area contributed by atoms with Crippen LogP contribution in [0, 0.1) is 6.92 Å². The number of fused-ring (bicyclic) bond motifs is 1. The van der Waals surface area contributed by atoms with Gasteiger partial charge in [0.05, 0.1) is 17.1 Å². The Morgan fingerprint density at radius 2 is 1.82 bits per heavy atom. The number of rotatable bonds is 6. The van der Waals surface area contributed by atoms with E-state index in [0.29, 0.717) is 48.5 Å². The van der Waals surface area contributed by atoms with Crippen molar-refractivity contribution in [3.63, 3.8) is 0 Å². The third-order valence-corrected chi connectivity index (χ3v) is 5.62. The molecule has 2 aliphatic rings. The molecule has 0 bridgehead atoms. The minimum atomic E-state index is -0.369. The molecule has 2 fully saturated rings. The number of aromatic nitrogens is 4. The Kier molecular flexibility index (Phi) is 4.88. The summed E-state index contributed by atoms with van der Waals surface area (Å²) in [7, 11) is 0. The molecule has 2 saturated heterocycles. The summed E-state index contributed by atoms with van der Waals surface area (Å²) >= 11 is 0. The number of aldehydes is 2. The highest BCUT2D eigenvalue weighted by atomic mass is 16.2. The quantitative estimate of drug-likeness (QED) is 0.702. The predicted octanol–water partition coefficient (Wildman–Crippen LogP) is 0.211. The molecule has 2 aliphatic heterocycles. The fourth-order valence-corrected chi connectivity index (χ4v) is 4.20. The molecule has 10 heteroatoms. The lowest BCUT2D eigenvalue weighted by molar-refractivity contribution is -0.111. The number of carbonyl (C=O) groups is 2. The first kappa shape index (κ1) is 18.6. The molecule has 10 nitrogen and oxygen atoms in total. The van der Waals surface area contributed by atoms with Gasteiger partial charge in [-0.2, -0.15) is 5.10 Å². The van der Waals surface area contributed by atoms with E-state index in [-0.39, 0.29) is 17.6 Å². The number of nitrogens with zero attached hydrogens (tertiary/aromatic N) is 6. The normalized spacial score (nSPS) is 22.9. The van der Waals surface area contributed by atoms with E-state index >= 15 is 0 Å². The predicted molar refractivity (Wildman–Crippen MR) is 104 cm³/mol. The van der Waals surface area contributed by atoms with Gasteiger partial charge in [-0.15, -0.1) is 9.89 Å². The summed E-state index contributed by atoms with van der Waals surface area (Å²) in [5, 5.41) is 13.1. The second kappa shape index (κ2) is 7.34. The zero-order chi connectivity index (χ0) is 19.8. The summed E-state index contributed by atoms with van der Waals surface area (Å²) in [4.78, 5) is 37.4. The molecule has 0 radical (unpaired) electrons. The van der Waals surface area contributed by atoms with Crippen molar-refractivity contribution in [2.24, 2.45) is 0 Å². The van der Waals surface area contributed by atoms with E-state index < -0.39 is 0 Å². The van der Waals surface area contributed by atoms with Crippen LogP contribution in [0.25, 0.3) is 10.9 Å². The molecule has 4 heterocycles. The van der Waals surface area contributed by atoms with Gasteiger partial charge in [-0.3, -0.25) is 19.9 Å². The number of nitrogens with one attached hydrogen (secondary N) is 1. The maximum atomic E-state index is 13.2. The van der Waals surface area contributed by atoms with E-state index in [1.165, 1.54) is 4.79 Å². The number of hydrazine groups is 1. The maximum Gasteiger partial charge on any atom is 0.297 e. The van der Waals surface area contributed by atoms with E-state index in [1.807, 2.05) is 11.9 Å². The average molecular weight is 387 g/mol. The van der Waals surface area contributed by atoms with Gasteiger partial charge in [0.25, 0.3) is 5.56 Å². The highest BCUT2D eigenvalue weighted by Crippen LogP contribution is 2.25. The zero-order valence-corrected chi connectivity index (χ0v) is 16.2. The van der Waals surface area contributed by atoms with Crippen LogP contribution in [0.3, 0.4) is 0 Å². The van der Waals surface area contributed by atoms with Gasteiger partial charge in [0, 0.05) is 19.6 Å². The molecular weight excluding hydrogens is 362 g/mol. The van der Waals surface area contributed by atoms with E-state index in [9.17, 15) is 14.4 Å². The van der Waals surface area contributed by atoms with Crippen molar-refractivity contribution in [1.82, 2.24) is 24.7 Å². The standard InChI is InChI=1S/C18H25N7O3/c1-3-22-16-15(12(2)19-22)18(28)25(24-9-5-7-14(24)11-27)21-17(16)20-23-8-4-6-13(23)10-26/h10-11,13-14H,3-9H2,1-2H3,(H,20,21)/t13-,14-/m0/s1. The van der Waals surface area contributed by atoms with Crippen LogP contribution in [0.5, 0.6) is 0 Å². The van der Waals surface area contributed by atoms with Crippen molar-refractivity contribution in [1.29, 1.82) is 0 Å². The second-order valence-electron chi connectivity index (χ2n) is 7.33. The molecule has 0 aliphatic carbocycles.